The SMILES string of the molecule is CC(C)(C)OC(=O)NC[C@@H](C(=O)Nc1ccc2cnccc2c1)c1ccc(COC(=O)CCCC(=O)OCC(=O)[C@@]2(O)CC[C@H]3[C@@H]4CCC5=CC(=O)C=C[C@]5(C)[C@H]4[C@@H](O)C[C@@]32C)cc1. The highest BCUT2D eigenvalue weighted by atomic mass is 16.6. The Labute approximate surface area is 373 Å². The Bertz CT molecular complexity index is 2370. The molecule has 4 aliphatic carbocycles. The number of ketones is 2. The van der Waals surface area contributed by atoms with Gasteiger partial charge in [0.1, 0.15) is 17.8 Å². The van der Waals surface area contributed by atoms with Crippen LogP contribution in [0.25, 0.3) is 10.8 Å². The second-order valence-corrected chi connectivity index (χ2v) is 19.3. The second kappa shape index (κ2) is 18.4. The number of pyridine rings is 1. The number of hydrogen-bond donors (Lipinski definition) is 4. The van der Waals surface area contributed by atoms with E-state index >= 15 is 0 Å². The van der Waals surface area contributed by atoms with Crippen molar-refractivity contribution in [3.63, 3.8) is 0 Å². The first-order valence-corrected chi connectivity index (χ1v) is 22.2. The van der Waals surface area contributed by atoms with Gasteiger partial charge in [-0.25, -0.2) is 4.79 Å². The third-order valence-electron chi connectivity index (χ3n) is 14.1. The lowest BCUT2D eigenvalue weighted by Crippen LogP contribution is -2.61. The first kappa shape index (κ1) is 46.3. The molecule has 3 saturated carbocycles. The van der Waals surface area contributed by atoms with E-state index in [4.69, 9.17) is 14.2 Å². The van der Waals surface area contributed by atoms with Crippen LogP contribution >= 0.6 is 0 Å². The number of esters is 2. The number of alkyl carbamates (subject to hydrolysis) is 1. The molecule has 0 saturated heterocycles. The van der Waals surface area contributed by atoms with Gasteiger partial charge >= 0.3 is 18.0 Å². The van der Waals surface area contributed by atoms with Crippen molar-refractivity contribution in [1.29, 1.82) is 0 Å². The molecule has 2 aromatic carbocycles. The van der Waals surface area contributed by atoms with Crippen molar-refractivity contribution >= 4 is 52.0 Å². The largest absolute Gasteiger partial charge is 0.461 e. The Morgan fingerprint density at radius 1 is 0.953 bits per heavy atom. The van der Waals surface area contributed by atoms with Gasteiger partial charge in [0.15, 0.2) is 12.4 Å². The summed E-state index contributed by atoms with van der Waals surface area (Å²) in [5.41, 5.74) is -1.02. The number of fused-ring (bicyclic) bond motifs is 6. The molecule has 2 amide bonds. The van der Waals surface area contributed by atoms with Gasteiger partial charge in [0.2, 0.25) is 11.7 Å². The number of Topliss-reactive ketones (excluding diaryl/α,β-unsaturated/α-hetero) is 1. The summed E-state index contributed by atoms with van der Waals surface area (Å²) in [6, 6.07) is 14.2. The van der Waals surface area contributed by atoms with Gasteiger partial charge in [-0.2, -0.15) is 0 Å². The van der Waals surface area contributed by atoms with E-state index in [1.807, 2.05) is 31.2 Å². The number of rotatable bonds is 14. The number of aliphatic hydroxyl groups excluding tert-OH is 1. The molecular weight excluding hydrogens is 819 g/mol. The molecule has 4 aliphatic rings. The minimum atomic E-state index is -1.78. The summed E-state index contributed by atoms with van der Waals surface area (Å²) in [4.78, 5) is 81.4. The number of amides is 2. The fourth-order valence-electron chi connectivity index (χ4n) is 10.8. The summed E-state index contributed by atoms with van der Waals surface area (Å²) in [5, 5.41) is 31.1. The quantitative estimate of drug-likeness (QED) is 0.0973. The van der Waals surface area contributed by atoms with Gasteiger partial charge < -0.3 is 35.1 Å². The van der Waals surface area contributed by atoms with Gasteiger partial charge in [0.25, 0.3) is 0 Å². The fraction of sp³-hybridized carbons (Fsp3) is 0.500. The van der Waals surface area contributed by atoms with Crippen LogP contribution < -0.4 is 10.6 Å². The summed E-state index contributed by atoms with van der Waals surface area (Å²) in [6.07, 6.45) is 9.50. The maximum Gasteiger partial charge on any atom is 0.407 e. The molecule has 0 bridgehead atoms. The molecule has 0 aliphatic heterocycles. The number of allylic oxidation sites excluding steroid dienone is 4. The van der Waals surface area contributed by atoms with Gasteiger partial charge in [-0.05, 0) is 118 Å². The van der Waals surface area contributed by atoms with Crippen LogP contribution in [0, 0.1) is 28.6 Å². The molecule has 1 aromatic heterocycles. The zero-order chi connectivity index (χ0) is 46.0. The number of aliphatic hydroxyl groups is 2. The van der Waals surface area contributed by atoms with E-state index in [1.54, 1.807) is 75.6 Å². The summed E-state index contributed by atoms with van der Waals surface area (Å²) >= 11 is 0. The number of nitrogens with zero attached hydrogens (tertiary/aromatic N) is 1. The molecule has 3 fully saturated rings. The number of nitrogens with one attached hydrogen (secondary N) is 2. The van der Waals surface area contributed by atoms with Crippen molar-refractivity contribution < 1.29 is 53.2 Å². The van der Waals surface area contributed by atoms with Gasteiger partial charge in [-0.1, -0.05) is 55.8 Å². The number of benzene rings is 2. The van der Waals surface area contributed by atoms with E-state index in [9.17, 15) is 39.0 Å². The van der Waals surface area contributed by atoms with E-state index in [1.165, 1.54) is 0 Å². The van der Waals surface area contributed by atoms with Crippen molar-refractivity contribution in [1.82, 2.24) is 10.3 Å². The number of carbonyl (C=O) groups is 6. The minimum absolute atomic E-state index is 0.0320. The monoisotopic (exact) mass is 877 g/mol. The summed E-state index contributed by atoms with van der Waals surface area (Å²) in [7, 11) is 0. The van der Waals surface area contributed by atoms with E-state index in [0.29, 0.717) is 29.7 Å². The normalized spacial score (nSPS) is 27.5. The summed E-state index contributed by atoms with van der Waals surface area (Å²) in [5.74, 6) is -3.14. The first-order valence-electron chi connectivity index (χ1n) is 22.2. The Morgan fingerprint density at radius 3 is 2.42 bits per heavy atom. The number of aromatic nitrogens is 1. The molecule has 4 N–H and O–H groups in total. The highest BCUT2D eigenvalue weighted by Gasteiger charge is 2.68. The second-order valence-electron chi connectivity index (χ2n) is 19.3. The highest BCUT2D eigenvalue weighted by Crippen LogP contribution is 2.67. The van der Waals surface area contributed by atoms with Crippen LogP contribution in [0.15, 0.2) is 84.7 Å². The summed E-state index contributed by atoms with van der Waals surface area (Å²) in [6.45, 7) is 8.46. The maximum atomic E-state index is 13.7. The average Bonchev–Trinajstić information content (AvgIpc) is 3.51. The maximum absolute atomic E-state index is 13.7. The van der Waals surface area contributed by atoms with Crippen molar-refractivity contribution in [2.45, 2.75) is 116 Å². The van der Waals surface area contributed by atoms with Crippen LogP contribution in [0.3, 0.4) is 0 Å². The van der Waals surface area contributed by atoms with E-state index in [2.05, 4.69) is 22.5 Å². The van der Waals surface area contributed by atoms with E-state index in [-0.39, 0.29) is 74.7 Å². The molecule has 1 heterocycles. The van der Waals surface area contributed by atoms with Crippen molar-refractivity contribution in [3.05, 3.63) is 95.9 Å². The standard InChI is InChI=1S/C50H59N3O11/c1-47(2,3)64-46(60)52-27-38(45(59)53-35-15-13-33-26-51-22-19-32(33)23-35)31-11-9-30(10-12-31)28-62-42(57)7-6-8-43(58)63-29-41(56)50(61)21-18-39-37-16-14-34-24-36(54)17-20-48(34,4)44(37)40(55)25-49(39,50)5/h9-13,15,17,19-20,22-24,26,37-40,44,55,61H,6-8,14,16,18,21,25,27-29H2,1-5H3,(H,52,60)(H,53,59)/t37-,38+,39-,40-,44+,48-,49-,50-/m0/s1. The van der Waals surface area contributed by atoms with Crippen LogP contribution in [0.5, 0.6) is 0 Å². The zero-order valence-corrected chi connectivity index (χ0v) is 37.2. The van der Waals surface area contributed by atoms with Crippen molar-refractivity contribution in [3.8, 4) is 0 Å². The van der Waals surface area contributed by atoms with E-state index < -0.39 is 64.5 Å². The summed E-state index contributed by atoms with van der Waals surface area (Å²) < 4.78 is 16.2. The van der Waals surface area contributed by atoms with Crippen molar-refractivity contribution in [2.75, 3.05) is 18.5 Å². The highest BCUT2D eigenvalue weighted by molar-refractivity contribution is 6.01. The lowest BCUT2D eigenvalue weighted by atomic mass is 9.46. The molecule has 64 heavy (non-hydrogen) atoms. The number of anilines is 1. The molecule has 14 heteroatoms. The fourth-order valence-corrected chi connectivity index (χ4v) is 10.8. The molecule has 340 valence electrons. The lowest BCUT2D eigenvalue weighted by Gasteiger charge is -2.59. The molecule has 3 aromatic rings. The topological polar surface area (TPSA) is 208 Å². The molecule has 0 spiro atoms. The first-order chi connectivity index (χ1) is 30.3. The van der Waals surface area contributed by atoms with Gasteiger partial charge in [-0.3, -0.25) is 29.0 Å². The van der Waals surface area contributed by atoms with Crippen LogP contribution in [-0.2, 0) is 44.8 Å². The van der Waals surface area contributed by atoms with Crippen LogP contribution in [-0.4, -0.2) is 81.2 Å². The Hall–Kier alpha value is -5.73. The molecule has 0 radical (unpaired) electrons. The predicted molar refractivity (Wildman–Crippen MR) is 236 cm³/mol. The third-order valence-corrected chi connectivity index (χ3v) is 14.1. The van der Waals surface area contributed by atoms with Crippen LogP contribution in [0.2, 0.25) is 0 Å². The molecule has 0 unspecified atom stereocenters. The third kappa shape index (κ3) is 9.68. The predicted octanol–water partition coefficient (Wildman–Crippen LogP) is 6.82. The smallest absolute Gasteiger partial charge is 0.407 e. The van der Waals surface area contributed by atoms with E-state index in [0.717, 1.165) is 22.8 Å². The Kier molecular flexibility index (Phi) is 13.3. The van der Waals surface area contributed by atoms with Gasteiger partial charge in [0, 0.05) is 59.6 Å². The zero-order valence-electron chi connectivity index (χ0n) is 37.2. The van der Waals surface area contributed by atoms with Crippen LogP contribution in [0.1, 0.15) is 103 Å². The van der Waals surface area contributed by atoms with Crippen LogP contribution in [0.4, 0.5) is 10.5 Å². The number of carbonyl (C=O) groups excluding carboxylic acids is 6. The average molecular weight is 878 g/mol. The van der Waals surface area contributed by atoms with Gasteiger partial charge in [-0.15, -0.1) is 0 Å². The molecule has 7 rings (SSSR count). The molecular formula is C50H59N3O11. The number of ether oxygens (including phenoxy) is 3. The molecule has 14 nitrogen and oxygen atoms in total. The number of hydrogen-bond acceptors (Lipinski definition) is 12. The minimum Gasteiger partial charge on any atom is -0.461 e. The van der Waals surface area contributed by atoms with Crippen molar-refractivity contribution in [2.24, 2.45) is 28.6 Å². The Balaban J connectivity index is 0.872. The lowest BCUT2D eigenvalue weighted by molar-refractivity contribution is -0.181. The molecule has 8 atom stereocenters. The van der Waals surface area contributed by atoms with Gasteiger partial charge in [0.05, 0.1) is 12.0 Å². The Morgan fingerprint density at radius 2 is 1.69 bits per heavy atom.